The molecular weight excluding hydrogens is 397 g/mol. The predicted octanol–water partition coefficient (Wildman–Crippen LogP) is 3.15. The molecule has 1 aromatic rings. The zero-order chi connectivity index (χ0) is 13.0. The minimum absolute atomic E-state index is 0.137. The second kappa shape index (κ2) is 6.58. The van der Waals surface area contributed by atoms with Gasteiger partial charge in [-0.25, -0.2) is 0 Å². The van der Waals surface area contributed by atoms with E-state index >= 15 is 0 Å². The van der Waals surface area contributed by atoms with Crippen molar-refractivity contribution in [1.82, 2.24) is 5.32 Å². The second-order valence-electron chi connectivity index (χ2n) is 4.14. The zero-order valence-electron chi connectivity index (χ0n) is 9.71. The van der Waals surface area contributed by atoms with Crippen LogP contribution in [-0.4, -0.2) is 22.4 Å². The van der Waals surface area contributed by atoms with E-state index < -0.39 is 0 Å². The van der Waals surface area contributed by atoms with Gasteiger partial charge in [0.25, 0.3) is 5.91 Å². The molecule has 0 aliphatic rings. The zero-order valence-corrected chi connectivity index (χ0v) is 13.4. The normalized spacial score (nSPS) is 12.5. The molecular formula is C12H15BrINO2. The van der Waals surface area contributed by atoms with Crippen molar-refractivity contribution in [2.75, 3.05) is 6.54 Å². The standard InChI is InChI=1S/C12H15BrINO2/c1-7(2)9(13)6-15-12(17)8-3-4-10(14)11(16)5-8/h3-5,7,9,16H,6H2,1-2H3,(H,15,17). The van der Waals surface area contributed by atoms with E-state index in [2.05, 4.69) is 35.1 Å². The minimum atomic E-state index is -0.165. The van der Waals surface area contributed by atoms with Crippen LogP contribution in [0.1, 0.15) is 24.2 Å². The van der Waals surface area contributed by atoms with Crippen molar-refractivity contribution in [2.45, 2.75) is 18.7 Å². The molecule has 17 heavy (non-hydrogen) atoms. The number of carbonyl (C=O) groups is 1. The summed E-state index contributed by atoms with van der Waals surface area (Å²) in [7, 11) is 0. The Kier molecular flexibility index (Phi) is 5.72. The van der Waals surface area contributed by atoms with E-state index in [4.69, 9.17) is 0 Å². The number of hydrogen-bond acceptors (Lipinski definition) is 2. The molecule has 0 aliphatic heterocycles. The SMILES string of the molecule is CC(C)C(Br)CNC(=O)c1ccc(I)c(O)c1. The number of carbonyl (C=O) groups excluding carboxylic acids is 1. The van der Waals surface area contributed by atoms with Crippen molar-refractivity contribution in [3.8, 4) is 5.75 Å². The summed E-state index contributed by atoms with van der Waals surface area (Å²) in [6.07, 6.45) is 0. The molecule has 0 saturated carbocycles. The molecule has 1 aromatic carbocycles. The summed E-state index contributed by atoms with van der Waals surface area (Å²) in [6.45, 7) is 4.74. The Labute approximate surface area is 123 Å². The Morgan fingerprint density at radius 1 is 1.53 bits per heavy atom. The van der Waals surface area contributed by atoms with Gasteiger partial charge in [-0.3, -0.25) is 4.79 Å². The van der Waals surface area contributed by atoms with Gasteiger partial charge in [-0.1, -0.05) is 29.8 Å². The lowest BCUT2D eigenvalue weighted by Crippen LogP contribution is -2.31. The molecule has 94 valence electrons. The van der Waals surface area contributed by atoms with E-state index in [0.29, 0.717) is 18.0 Å². The van der Waals surface area contributed by atoms with E-state index in [9.17, 15) is 9.90 Å². The van der Waals surface area contributed by atoms with Crippen LogP contribution in [0, 0.1) is 9.49 Å². The van der Waals surface area contributed by atoms with E-state index in [-0.39, 0.29) is 16.5 Å². The molecule has 5 heteroatoms. The maximum absolute atomic E-state index is 11.8. The lowest BCUT2D eigenvalue weighted by Gasteiger charge is -2.14. The van der Waals surface area contributed by atoms with Crippen molar-refractivity contribution in [3.63, 3.8) is 0 Å². The molecule has 0 bridgehead atoms. The lowest BCUT2D eigenvalue weighted by atomic mass is 10.1. The van der Waals surface area contributed by atoms with Crippen LogP contribution in [0.5, 0.6) is 5.75 Å². The van der Waals surface area contributed by atoms with Crippen LogP contribution in [-0.2, 0) is 0 Å². The number of phenols is 1. The van der Waals surface area contributed by atoms with Crippen molar-refractivity contribution in [3.05, 3.63) is 27.3 Å². The summed E-state index contributed by atoms with van der Waals surface area (Å²) in [5.74, 6) is 0.430. The Bertz CT molecular complexity index is 409. The monoisotopic (exact) mass is 411 g/mol. The van der Waals surface area contributed by atoms with Crippen molar-refractivity contribution < 1.29 is 9.90 Å². The Morgan fingerprint density at radius 2 is 2.18 bits per heavy atom. The molecule has 3 nitrogen and oxygen atoms in total. The van der Waals surface area contributed by atoms with Crippen LogP contribution in [0.15, 0.2) is 18.2 Å². The topological polar surface area (TPSA) is 49.3 Å². The molecule has 0 fully saturated rings. The van der Waals surface area contributed by atoms with Gasteiger partial charge in [-0.05, 0) is 46.7 Å². The third kappa shape index (κ3) is 4.46. The maximum Gasteiger partial charge on any atom is 0.251 e. The van der Waals surface area contributed by atoms with Gasteiger partial charge in [0.2, 0.25) is 0 Å². The predicted molar refractivity (Wildman–Crippen MR) is 80.7 cm³/mol. The third-order valence-corrected chi connectivity index (χ3v) is 4.68. The Balaban J connectivity index is 2.61. The summed E-state index contributed by atoms with van der Waals surface area (Å²) in [6, 6.07) is 4.91. The van der Waals surface area contributed by atoms with Crippen LogP contribution in [0.4, 0.5) is 0 Å². The fourth-order valence-electron chi connectivity index (χ4n) is 1.18. The quantitative estimate of drug-likeness (QED) is 0.590. The molecule has 0 saturated heterocycles. The molecule has 1 rings (SSSR count). The molecule has 1 amide bonds. The summed E-state index contributed by atoms with van der Waals surface area (Å²) < 4.78 is 0.736. The largest absolute Gasteiger partial charge is 0.507 e. The van der Waals surface area contributed by atoms with E-state index in [1.807, 2.05) is 22.6 Å². The number of rotatable bonds is 4. The van der Waals surface area contributed by atoms with Crippen LogP contribution in [0.3, 0.4) is 0 Å². The smallest absolute Gasteiger partial charge is 0.251 e. The van der Waals surface area contributed by atoms with Crippen molar-refractivity contribution >= 4 is 44.4 Å². The highest BCUT2D eigenvalue weighted by atomic mass is 127. The first-order valence-electron chi connectivity index (χ1n) is 5.32. The molecule has 0 spiro atoms. The van der Waals surface area contributed by atoms with Gasteiger partial charge < -0.3 is 10.4 Å². The van der Waals surface area contributed by atoms with Crippen LogP contribution >= 0.6 is 38.5 Å². The van der Waals surface area contributed by atoms with Gasteiger partial charge in [0.05, 0.1) is 3.57 Å². The molecule has 0 aromatic heterocycles. The van der Waals surface area contributed by atoms with Crippen LogP contribution < -0.4 is 5.32 Å². The maximum atomic E-state index is 11.8. The van der Waals surface area contributed by atoms with Gasteiger partial charge in [0, 0.05) is 16.9 Å². The van der Waals surface area contributed by atoms with E-state index in [0.717, 1.165) is 3.57 Å². The molecule has 0 heterocycles. The number of amides is 1. The third-order valence-electron chi connectivity index (χ3n) is 2.39. The average molecular weight is 412 g/mol. The number of hydrogen-bond donors (Lipinski definition) is 2. The summed E-state index contributed by atoms with van der Waals surface area (Å²) in [5.41, 5.74) is 0.478. The molecule has 0 radical (unpaired) electrons. The number of alkyl halides is 1. The van der Waals surface area contributed by atoms with Crippen molar-refractivity contribution in [2.24, 2.45) is 5.92 Å². The average Bonchev–Trinajstić information content (AvgIpc) is 2.28. The van der Waals surface area contributed by atoms with Gasteiger partial charge in [-0.2, -0.15) is 0 Å². The number of nitrogens with one attached hydrogen (secondary N) is 1. The van der Waals surface area contributed by atoms with Gasteiger partial charge in [0.1, 0.15) is 5.75 Å². The first kappa shape index (κ1) is 14.8. The number of aromatic hydroxyl groups is 1. The Hall–Kier alpha value is -0.300. The first-order chi connectivity index (χ1) is 7.91. The summed E-state index contributed by atoms with van der Waals surface area (Å²) >= 11 is 5.52. The highest BCUT2D eigenvalue weighted by molar-refractivity contribution is 14.1. The second-order valence-corrected chi connectivity index (χ2v) is 6.47. The van der Waals surface area contributed by atoms with Gasteiger partial charge in [-0.15, -0.1) is 0 Å². The van der Waals surface area contributed by atoms with Gasteiger partial charge in [0.15, 0.2) is 0 Å². The highest BCUT2D eigenvalue weighted by Gasteiger charge is 2.12. The summed E-state index contributed by atoms with van der Waals surface area (Å²) in [5, 5.41) is 12.3. The van der Waals surface area contributed by atoms with Crippen molar-refractivity contribution in [1.29, 1.82) is 0 Å². The molecule has 2 N–H and O–H groups in total. The van der Waals surface area contributed by atoms with E-state index in [1.54, 1.807) is 12.1 Å². The molecule has 1 unspecified atom stereocenters. The lowest BCUT2D eigenvalue weighted by molar-refractivity contribution is 0.0952. The fourth-order valence-corrected chi connectivity index (χ4v) is 1.68. The van der Waals surface area contributed by atoms with Crippen LogP contribution in [0.25, 0.3) is 0 Å². The molecule has 1 atom stereocenters. The highest BCUT2D eigenvalue weighted by Crippen LogP contribution is 2.20. The summed E-state index contributed by atoms with van der Waals surface area (Å²) in [4.78, 5) is 12.0. The molecule has 0 aliphatic carbocycles. The number of halogens is 2. The van der Waals surface area contributed by atoms with Gasteiger partial charge >= 0.3 is 0 Å². The van der Waals surface area contributed by atoms with Crippen LogP contribution in [0.2, 0.25) is 0 Å². The first-order valence-corrected chi connectivity index (χ1v) is 7.32. The minimum Gasteiger partial charge on any atom is -0.507 e. The number of benzene rings is 1. The van der Waals surface area contributed by atoms with E-state index in [1.165, 1.54) is 6.07 Å². The Morgan fingerprint density at radius 3 is 2.71 bits per heavy atom. The number of phenolic OH excluding ortho intramolecular Hbond substituents is 1. The fraction of sp³-hybridized carbons (Fsp3) is 0.417.